The van der Waals surface area contributed by atoms with Gasteiger partial charge in [-0.2, -0.15) is 0 Å². The number of benzene rings is 2. The Bertz CT molecular complexity index is 1150. The SMILES string of the molecule is CCC(C)NC(=O)C(CC)N(Cc1cccc(OC)c1)C(=O)CCCN(c1ccccc1C)S(C)(=O)=O. The van der Waals surface area contributed by atoms with Crippen LogP contribution in [0, 0.1) is 6.92 Å². The third-order valence-electron chi connectivity index (χ3n) is 6.41. The Labute approximate surface area is 222 Å². The van der Waals surface area contributed by atoms with E-state index in [9.17, 15) is 18.0 Å². The second-order valence-corrected chi connectivity index (χ2v) is 11.2. The van der Waals surface area contributed by atoms with E-state index in [-0.39, 0.29) is 37.4 Å². The number of carbonyl (C=O) groups is 2. The van der Waals surface area contributed by atoms with Crippen LogP contribution >= 0.6 is 0 Å². The Morgan fingerprint density at radius 2 is 1.76 bits per heavy atom. The molecule has 0 fully saturated rings. The molecule has 0 saturated carbocycles. The van der Waals surface area contributed by atoms with E-state index >= 15 is 0 Å². The van der Waals surface area contributed by atoms with E-state index in [1.165, 1.54) is 10.6 Å². The zero-order valence-corrected chi connectivity index (χ0v) is 23.7. The van der Waals surface area contributed by atoms with Crippen molar-refractivity contribution >= 4 is 27.5 Å². The van der Waals surface area contributed by atoms with Crippen LogP contribution < -0.4 is 14.4 Å². The Morgan fingerprint density at radius 3 is 2.35 bits per heavy atom. The highest BCUT2D eigenvalue weighted by Gasteiger charge is 2.29. The van der Waals surface area contributed by atoms with Crippen LogP contribution in [-0.4, -0.2) is 57.1 Å². The molecule has 0 aliphatic rings. The molecule has 0 heterocycles. The van der Waals surface area contributed by atoms with Crippen molar-refractivity contribution in [3.05, 3.63) is 59.7 Å². The van der Waals surface area contributed by atoms with Crippen molar-refractivity contribution in [2.45, 2.75) is 72.0 Å². The number of para-hydroxylation sites is 1. The molecule has 2 atom stereocenters. The topological polar surface area (TPSA) is 96.0 Å². The molecule has 0 aliphatic carbocycles. The van der Waals surface area contributed by atoms with Crippen LogP contribution in [0.25, 0.3) is 0 Å². The number of rotatable bonds is 14. The summed E-state index contributed by atoms with van der Waals surface area (Å²) in [6.45, 7) is 8.08. The van der Waals surface area contributed by atoms with Gasteiger partial charge in [-0.1, -0.05) is 44.2 Å². The number of methoxy groups -OCH3 is 1. The number of carbonyl (C=O) groups excluding carboxylic acids is 2. The highest BCUT2D eigenvalue weighted by Crippen LogP contribution is 2.23. The van der Waals surface area contributed by atoms with Gasteiger partial charge in [0.2, 0.25) is 21.8 Å². The molecule has 1 N–H and O–H groups in total. The fourth-order valence-corrected chi connectivity index (χ4v) is 5.18. The molecule has 9 heteroatoms. The van der Waals surface area contributed by atoms with Crippen molar-refractivity contribution < 1.29 is 22.7 Å². The van der Waals surface area contributed by atoms with Gasteiger partial charge in [-0.25, -0.2) is 8.42 Å². The van der Waals surface area contributed by atoms with Crippen LogP contribution in [-0.2, 0) is 26.2 Å². The lowest BCUT2D eigenvalue weighted by atomic mass is 10.1. The van der Waals surface area contributed by atoms with Crippen LogP contribution in [0.1, 0.15) is 57.6 Å². The van der Waals surface area contributed by atoms with Gasteiger partial charge in [0.25, 0.3) is 0 Å². The van der Waals surface area contributed by atoms with Crippen molar-refractivity contribution in [3.63, 3.8) is 0 Å². The van der Waals surface area contributed by atoms with E-state index in [1.54, 1.807) is 24.1 Å². The molecule has 2 aromatic carbocycles. The summed E-state index contributed by atoms with van der Waals surface area (Å²) in [5.74, 6) is 0.280. The molecule has 0 bridgehead atoms. The number of nitrogens with one attached hydrogen (secondary N) is 1. The summed E-state index contributed by atoms with van der Waals surface area (Å²) in [5, 5.41) is 3.00. The standard InChI is InChI=1S/C28H41N3O5S/c1-7-22(4)29-28(33)25(8-2)30(20-23-14-11-15-24(19-23)36-5)27(32)17-12-18-31(37(6,34)35)26-16-10-9-13-21(26)3/h9-11,13-16,19,22,25H,7-8,12,17-18,20H2,1-6H3,(H,29,33). The molecule has 2 aromatic rings. The molecule has 8 nitrogen and oxygen atoms in total. The number of amides is 2. The monoisotopic (exact) mass is 531 g/mol. The molecule has 2 rings (SSSR count). The Kier molecular flexibility index (Phi) is 11.4. The van der Waals surface area contributed by atoms with Crippen molar-refractivity contribution in [1.82, 2.24) is 10.2 Å². The predicted octanol–water partition coefficient (Wildman–Crippen LogP) is 4.27. The van der Waals surface area contributed by atoms with Gasteiger partial charge in [0.15, 0.2) is 0 Å². The summed E-state index contributed by atoms with van der Waals surface area (Å²) in [6.07, 6.45) is 2.83. The third kappa shape index (κ3) is 8.77. The first-order chi connectivity index (χ1) is 17.5. The lowest BCUT2D eigenvalue weighted by Gasteiger charge is -2.32. The van der Waals surface area contributed by atoms with Crippen LogP contribution in [0.3, 0.4) is 0 Å². The molecule has 0 aromatic heterocycles. The van der Waals surface area contributed by atoms with E-state index in [1.807, 2.05) is 64.1 Å². The minimum atomic E-state index is -3.54. The molecule has 37 heavy (non-hydrogen) atoms. The van der Waals surface area contributed by atoms with E-state index in [4.69, 9.17) is 4.74 Å². The summed E-state index contributed by atoms with van der Waals surface area (Å²) in [5.41, 5.74) is 2.29. The maximum absolute atomic E-state index is 13.5. The molecule has 0 aliphatic heterocycles. The number of anilines is 1. The fourth-order valence-electron chi connectivity index (χ4n) is 4.15. The van der Waals surface area contributed by atoms with E-state index in [0.717, 1.165) is 17.5 Å². The van der Waals surface area contributed by atoms with Crippen molar-refractivity contribution in [2.24, 2.45) is 0 Å². The van der Waals surface area contributed by atoms with Gasteiger partial charge in [-0.15, -0.1) is 0 Å². The molecule has 0 radical (unpaired) electrons. The zero-order chi connectivity index (χ0) is 27.6. The van der Waals surface area contributed by atoms with Crippen LogP contribution in [0.4, 0.5) is 5.69 Å². The van der Waals surface area contributed by atoms with Gasteiger partial charge in [0.05, 0.1) is 19.1 Å². The number of ether oxygens (including phenoxy) is 1. The Balaban J connectivity index is 2.26. The maximum Gasteiger partial charge on any atom is 0.243 e. The first kappa shape index (κ1) is 30.2. The fraction of sp³-hybridized carbons (Fsp3) is 0.500. The Morgan fingerprint density at radius 1 is 1.05 bits per heavy atom. The van der Waals surface area contributed by atoms with Gasteiger partial charge < -0.3 is 15.0 Å². The summed E-state index contributed by atoms with van der Waals surface area (Å²) in [7, 11) is -1.95. The number of sulfonamides is 1. The van der Waals surface area contributed by atoms with E-state index in [0.29, 0.717) is 24.3 Å². The summed E-state index contributed by atoms with van der Waals surface area (Å²) in [6, 6.07) is 14.0. The lowest BCUT2D eigenvalue weighted by Crippen LogP contribution is -2.50. The van der Waals surface area contributed by atoms with Gasteiger partial charge >= 0.3 is 0 Å². The minimum absolute atomic E-state index is 0.00671. The van der Waals surface area contributed by atoms with Crippen LogP contribution in [0.5, 0.6) is 5.75 Å². The number of aryl methyl sites for hydroxylation is 1. The summed E-state index contributed by atoms with van der Waals surface area (Å²) < 4.78 is 31.7. The van der Waals surface area contributed by atoms with Gasteiger partial charge in [0.1, 0.15) is 11.8 Å². The molecule has 0 spiro atoms. The molecular weight excluding hydrogens is 490 g/mol. The summed E-state index contributed by atoms with van der Waals surface area (Å²) in [4.78, 5) is 28.3. The summed E-state index contributed by atoms with van der Waals surface area (Å²) >= 11 is 0. The van der Waals surface area contributed by atoms with Crippen molar-refractivity contribution in [1.29, 1.82) is 0 Å². The second kappa shape index (κ2) is 14.0. The third-order valence-corrected chi connectivity index (χ3v) is 7.59. The average Bonchev–Trinajstić information content (AvgIpc) is 2.86. The first-order valence-corrected chi connectivity index (χ1v) is 14.6. The van der Waals surface area contributed by atoms with E-state index < -0.39 is 16.1 Å². The quantitative estimate of drug-likeness (QED) is 0.393. The average molecular weight is 532 g/mol. The number of hydrogen-bond donors (Lipinski definition) is 1. The van der Waals surface area contributed by atoms with Gasteiger partial charge in [-0.05, 0) is 62.4 Å². The molecule has 2 unspecified atom stereocenters. The zero-order valence-electron chi connectivity index (χ0n) is 22.9. The molecular formula is C28H41N3O5S. The molecule has 0 saturated heterocycles. The van der Waals surface area contributed by atoms with Crippen molar-refractivity contribution in [3.8, 4) is 5.75 Å². The smallest absolute Gasteiger partial charge is 0.243 e. The van der Waals surface area contributed by atoms with Gasteiger partial charge in [0, 0.05) is 25.6 Å². The highest BCUT2D eigenvalue weighted by molar-refractivity contribution is 7.92. The lowest BCUT2D eigenvalue weighted by molar-refractivity contribution is -0.141. The van der Waals surface area contributed by atoms with Crippen LogP contribution in [0.15, 0.2) is 48.5 Å². The first-order valence-electron chi connectivity index (χ1n) is 12.8. The predicted molar refractivity (Wildman–Crippen MR) is 148 cm³/mol. The highest BCUT2D eigenvalue weighted by atomic mass is 32.2. The minimum Gasteiger partial charge on any atom is -0.497 e. The number of nitrogens with zero attached hydrogens (tertiary/aromatic N) is 2. The Hall–Kier alpha value is -3.07. The van der Waals surface area contributed by atoms with Crippen LogP contribution in [0.2, 0.25) is 0 Å². The van der Waals surface area contributed by atoms with Crippen molar-refractivity contribution in [2.75, 3.05) is 24.2 Å². The largest absolute Gasteiger partial charge is 0.497 e. The molecule has 204 valence electrons. The second-order valence-electron chi connectivity index (χ2n) is 9.34. The molecule has 2 amide bonds. The maximum atomic E-state index is 13.5. The number of hydrogen-bond acceptors (Lipinski definition) is 5. The van der Waals surface area contributed by atoms with E-state index in [2.05, 4.69) is 5.32 Å². The normalized spacial score (nSPS) is 12.9. The van der Waals surface area contributed by atoms with Gasteiger partial charge in [-0.3, -0.25) is 13.9 Å².